The summed E-state index contributed by atoms with van der Waals surface area (Å²) in [4.78, 5) is 16.0. The van der Waals surface area contributed by atoms with Crippen LogP contribution in [0.4, 0.5) is 23.7 Å². The molecule has 0 radical (unpaired) electrons. The minimum atomic E-state index is -4.42. The third-order valence-corrected chi connectivity index (χ3v) is 3.48. The van der Waals surface area contributed by atoms with Crippen LogP contribution >= 0.6 is 0 Å². The van der Waals surface area contributed by atoms with Crippen molar-refractivity contribution >= 4 is 11.7 Å². The van der Waals surface area contributed by atoms with Gasteiger partial charge < -0.3 is 15.4 Å². The van der Waals surface area contributed by atoms with E-state index in [4.69, 9.17) is 4.74 Å². The summed E-state index contributed by atoms with van der Waals surface area (Å²) in [7, 11) is 0. The first-order valence-electron chi connectivity index (χ1n) is 7.53. The summed E-state index contributed by atoms with van der Waals surface area (Å²) in [5, 5.41) is 5.37. The van der Waals surface area contributed by atoms with Gasteiger partial charge in [-0.3, -0.25) is 4.98 Å². The van der Waals surface area contributed by atoms with Crippen molar-refractivity contribution in [2.24, 2.45) is 0 Å². The number of alkyl halides is 3. The fourth-order valence-electron chi connectivity index (χ4n) is 2.16. The maximum atomic E-state index is 12.3. The van der Waals surface area contributed by atoms with Gasteiger partial charge in [-0.1, -0.05) is 6.07 Å². The summed E-state index contributed by atoms with van der Waals surface area (Å²) in [6.45, 7) is 2.00. The first-order chi connectivity index (χ1) is 11.8. The van der Waals surface area contributed by atoms with E-state index in [2.05, 4.69) is 15.6 Å². The topological polar surface area (TPSA) is 63.2 Å². The van der Waals surface area contributed by atoms with Crippen LogP contribution in [0.1, 0.15) is 24.1 Å². The lowest BCUT2D eigenvalue weighted by molar-refractivity contribution is -0.153. The molecule has 0 saturated carbocycles. The summed E-state index contributed by atoms with van der Waals surface area (Å²) in [5.74, 6) is 0.0670. The Morgan fingerprint density at radius 2 is 1.92 bits per heavy atom. The van der Waals surface area contributed by atoms with Crippen LogP contribution in [0.2, 0.25) is 0 Å². The lowest BCUT2D eigenvalue weighted by Gasteiger charge is -2.17. The summed E-state index contributed by atoms with van der Waals surface area (Å²) in [6.07, 6.45) is -1.18. The molecule has 0 aliphatic carbocycles. The van der Waals surface area contributed by atoms with Gasteiger partial charge in [0.2, 0.25) is 0 Å². The van der Waals surface area contributed by atoms with Crippen LogP contribution in [-0.2, 0) is 0 Å². The molecule has 0 aliphatic heterocycles. The number of urea groups is 1. The molecule has 2 rings (SSSR count). The summed E-state index contributed by atoms with van der Waals surface area (Å²) < 4.78 is 41.6. The van der Waals surface area contributed by atoms with Crippen molar-refractivity contribution in [2.45, 2.75) is 26.1 Å². The van der Waals surface area contributed by atoms with Crippen molar-refractivity contribution in [3.8, 4) is 5.75 Å². The summed E-state index contributed by atoms with van der Waals surface area (Å²) in [6, 6.07) is 7.36. The van der Waals surface area contributed by atoms with Gasteiger partial charge in [-0.05, 0) is 43.7 Å². The third kappa shape index (κ3) is 5.66. The van der Waals surface area contributed by atoms with E-state index in [9.17, 15) is 18.0 Å². The van der Waals surface area contributed by atoms with E-state index in [1.165, 1.54) is 12.1 Å². The number of carbonyl (C=O) groups is 1. The number of pyridine rings is 1. The molecule has 0 fully saturated rings. The standard InChI is InChI=1S/C17H18F3N3O2/c1-11-14(4-3-5-15(11)25-10-17(18,19)20)23-16(24)22-12(2)13-6-8-21-9-7-13/h3-9,12H,10H2,1-2H3,(H2,22,23,24)/t12-/m1/s1. The van der Waals surface area contributed by atoms with Crippen LogP contribution in [-0.4, -0.2) is 23.8 Å². The van der Waals surface area contributed by atoms with Crippen LogP contribution in [0.3, 0.4) is 0 Å². The second-order valence-corrected chi connectivity index (χ2v) is 5.43. The molecule has 0 bridgehead atoms. The van der Waals surface area contributed by atoms with E-state index in [1.54, 1.807) is 37.5 Å². The fourth-order valence-corrected chi connectivity index (χ4v) is 2.16. The van der Waals surface area contributed by atoms with Gasteiger partial charge in [0.1, 0.15) is 5.75 Å². The Morgan fingerprint density at radius 1 is 1.24 bits per heavy atom. The Labute approximate surface area is 143 Å². The monoisotopic (exact) mass is 353 g/mol. The van der Waals surface area contributed by atoms with Gasteiger partial charge in [-0.2, -0.15) is 13.2 Å². The third-order valence-electron chi connectivity index (χ3n) is 3.48. The zero-order chi connectivity index (χ0) is 18.4. The highest BCUT2D eigenvalue weighted by Gasteiger charge is 2.28. The molecule has 1 aromatic heterocycles. The second kappa shape index (κ2) is 7.87. The van der Waals surface area contributed by atoms with Crippen molar-refractivity contribution in [1.29, 1.82) is 0 Å². The minimum Gasteiger partial charge on any atom is -0.484 e. The Kier molecular flexibility index (Phi) is 5.84. The molecule has 5 nitrogen and oxygen atoms in total. The number of benzene rings is 1. The van der Waals surface area contributed by atoms with E-state index in [-0.39, 0.29) is 11.8 Å². The molecule has 0 unspecified atom stereocenters. The lowest BCUT2D eigenvalue weighted by Crippen LogP contribution is -2.31. The fraction of sp³-hybridized carbons (Fsp3) is 0.294. The van der Waals surface area contributed by atoms with E-state index >= 15 is 0 Å². The predicted molar refractivity (Wildman–Crippen MR) is 87.5 cm³/mol. The molecule has 8 heteroatoms. The number of anilines is 1. The normalized spacial score (nSPS) is 12.4. The van der Waals surface area contributed by atoms with Gasteiger partial charge in [-0.25, -0.2) is 4.79 Å². The zero-order valence-electron chi connectivity index (χ0n) is 13.7. The van der Waals surface area contributed by atoms with Gasteiger partial charge in [0, 0.05) is 23.6 Å². The van der Waals surface area contributed by atoms with Crippen LogP contribution < -0.4 is 15.4 Å². The molecule has 25 heavy (non-hydrogen) atoms. The Hall–Kier alpha value is -2.77. The molecule has 0 saturated heterocycles. The number of carbonyl (C=O) groups excluding carboxylic acids is 1. The summed E-state index contributed by atoms with van der Waals surface area (Å²) >= 11 is 0. The molecular weight excluding hydrogens is 335 g/mol. The summed E-state index contributed by atoms with van der Waals surface area (Å²) in [5.41, 5.74) is 1.67. The molecular formula is C17H18F3N3O2. The molecule has 2 N–H and O–H groups in total. The molecule has 2 aromatic rings. The predicted octanol–water partition coefficient (Wildman–Crippen LogP) is 4.21. The average molecular weight is 353 g/mol. The Bertz CT molecular complexity index is 721. The zero-order valence-corrected chi connectivity index (χ0v) is 13.7. The average Bonchev–Trinajstić information content (AvgIpc) is 2.55. The van der Waals surface area contributed by atoms with E-state index in [0.29, 0.717) is 11.3 Å². The minimum absolute atomic E-state index is 0.0670. The smallest absolute Gasteiger partial charge is 0.422 e. The first kappa shape index (κ1) is 18.6. The molecule has 2 amide bonds. The number of rotatable bonds is 5. The highest BCUT2D eigenvalue weighted by atomic mass is 19.4. The number of halogens is 3. The molecule has 1 aromatic carbocycles. The maximum absolute atomic E-state index is 12.3. The van der Waals surface area contributed by atoms with Crippen LogP contribution in [0, 0.1) is 6.92 Å². The lowest BCUT2D eigenvalue weighted by atomic mass is 10.1. The van der Waals surface area contributed by atoms with E-state index < -0.39 is 18.8 Å². The SMILES string of the molecule is Cc1c(NC(=O)N[C@H](C)c2ccncc2)cccc1OCC(F)(F)F. The van der Waals surface area contributed by atoms with Crippen molar-refractivity contribution in [1.82, 2.24) is 10.3 Å². The van der Waals surface area contributed by atoms with Crippen LogP contribution in [0.5, 0.6) is 5.75 Å². The quantitative estimate of drug-likeness (QED) is 0.846. The van der Waals surface area contributed by atoms with Crippen molar-refractivity contribution < 1.29 is 22.7 Å². The number of nitrogens with zero attached hydrogens (tertiary/aromatic N) is 1. The van der Waals surface area contributed by atoms with Crippen LogP contribution in [0.25, 0.3) is 0 Å². The molecule has 0 aliphatic rings. The number of hydrogen-bond acceptors (Lipinski definition) is 3. The van der Waals surface area contributed by atoms with Gasteiger partial charge in [0.15, 0.2) is 6.61 Å². The Balaban J connectivity index is 2.01. The van der Waals surface area contributed by atoms with E-state index in [1.807, 2.05) is 6.92 Å². The van der Waals surface area contributed by atoms with E-state index in [0.717, 1.165) is 5.56 Å². The highest BCUT2D eigenvalue weighted by Crippen LogP contribution is 2.27. The maximum Gasteiger partial charge on any atom is 0.422 e. The van der Waals surface area contributed by atoms with Gasteiger partial charge >= 0.3 is 12.2 Å². The number of hydrogen-bond donors (Lipinski definition) is 2. The molecule has 1 atom stereocenters. The van der Waals surface area contributed by atoms with Crippen LogP contribution in [0.15, 0.2) is 42.7 Å². The number of ether oxygens (including phenoxy) is 1. The number of nitrogens with one attached hydrogen (secondary N) is 2. The second-order valence-electron chi connectivity index (χ2n) is 5.43. The number of aromatic nitrogens is 1. The van der Waals surface area contributed by atoms with Crippen molar-refractivity contribution in [3.63, 3.8) is 0 Å². The van der Waals surface area contributed by atoms with Gasteiger partial charge in [-0.15, -0.1) is 0 Å². The van der Waals surface area contributed by atoms with Gasteiger partial charge in [0.05, 0.1) is 6.04 Å². The van der Waals surface area contributed by atoms with Gasteiger partial charge in [0.25, 0.3) is 0 Å². The molecule has 1 heterocycles. The molecule has 134 valence electrons. The molecule has 0 spiro atoms. The van der Waals surface area contributed by atoms with Crippen molar-refractivity contribution in [2.75, 3.05) is 11.9 Å². The largest absolute Gasteiger partial charge is 0.484 e. The first-order valence-corrected chi connectivity index (χ1v) is 7.53. The Morgan fingerprint density at radius 3 is 2.56 bits per heavy atom. The van der Waals surface area contributed by atoms with Crippen molar-refractivity contribution in [3.05, 3.63) is 53.9 Å². The highest BCUT2D eigenvalue weighted by molar-refractivity contribution is 5.90. The number of amides is 2.